The molecule has 0 radical (unpaired) electrons. The molecule has 0 spiro atoms. The number of imidazole rings is 1. The van der Waals surface area contributed by atoms with Crippen LogP contribution in [0.15, 0.2) is 66.7 Å². The molecule has 10 N–H and O–H groups in total. The summed E-state index contributed by atoms with van der Waals surface area (Å²) in [4.78, 5) is 47.1. The van der Waals surface area contributed by atoms with Gasteiger partial charge in [-0.15, -0.1) is 0 Å². The number of H-pyrrole nitrogens is 1. The first kappa shape index (κ1) is 30.6. The first-order valence-electron chi connectivity index (χ1n) is 14.0. The lowest BCUT2D eigenvalue weighted by Crippen LogP contribution is -2.50. The van der Waals surface area contributed by atoms with Gasteiger partial charge in [-0.3, -0.25) is 10.2 Å². The van der Waals surface area contributed by atoms with Gasteiger partial charge in [0, 0.05) is 37.2 Å². The van der Waals surface area contributed by atoms with Gasteiger partial charge in [0.1, 0.15) is 17.7 Å². The summed E-state index contributed by atoms with van der Waals surface area (Å²) in [5.41, 5.74) is 21.6. The second-order valence-corrected chi connectivity index (χ2v) is 10.3. The molecule has 0 saturated carbocycles. The van der Waals surface area contributed by atoms with Gasteiger partial charge in [-0.25, -0.2) is 14.6 Å². The lowest BCUT2D eigenvalue weighted by atomic mass is 10.0. The molecule has 1 atom stereocenters. The van der Waals surface area contributed by atoms with Gasteiger partial charge in [0.25, 0.3) is 0 Å². The van der Waals surface area contributed by atoms with E-state index in [9.17, 15) is 14.4 Å². The molecular weight excluding hydrogens is 546 g/mol. The molecule has 224 valence electrons. The smallest absolute Gasteiger partial charge is 0.322 e. The highest BCUT2D eigenvalue weighted by atomic mass is 16.2. The Morgan fingerprint density at radius 3 is 2.40 bits per heavy atom. The number of amides is 5. The molecule has 0 aliphatic rings. The number of rotatable bonds is 13. The predicted molar refractivity (Wildman–Crippen MR) is 166 cm³/mol. The zero-order chi connectivity index (χ0) is 30.9. The number of hydrogen-bond donors (Lipinski definition) is 7. The number of primary amides is 2. The molecule has 3 aromatic carbocycles. The van der Waals surface area contributed by atoms with Crippen LogP contribution in [0.2, 0.25) is 0 Å². The Hall–Kier alpha value is -5.39. The van der Waals surface area contributed by atoms with E-state index in [1.165, 1.54) is 4.90 Å². The molecule has 0 unspecified atom stereocenters. The van der Waals surface area contributed by atoms with Crippen molar-refractivity contribution in [2.24, 2.45) is 17.2 Å². The number of carbonyl (C=O) groups is 3. The maximum atomic E-state index is 13.8. The fourth-order valence-electron chi connectivity index (χ4n) is 4.72. The van der Waals surface area contributed by atoms with Crippen molar-refractivity contribution >= 4 is 40.5 Å². The molecule has 0 saturated heterocycles. The Kier molecular flexibility index (Phi) is 9.94. The monoisotopic (exact) mass is 583 g/mol. The van der Waals surface area contributed by atoms with Crippen LogP contribution in [0.25, 0.3) is 11.0 Å². The van der Waals surface area contributed by atoms with Crippen molar-refractivity contribution in [1.29, 1.82) is 5.41 Å². The van der Waals surface area contributed by atoms with Crippen LogP contribution in [-0.4, -0.2) is 44.7 Å². The molecule has 5 amide bonds. The Bertz CT molecular complexity index is 1610. The topological polar surface area (TPSA) is 209 Å². The van der Waals surface area contributed by atoms with Crippen LogP contribution >= 0.6 is 0 Å². The first-order chi connectivity index (χ1) is 20.6. The van der Waals surface area contributed by atoms with Crippen LogP contribution in [-0.2, 0) is 30.7 Å². The predicted octanol–water partition coefficient (Wildman–Crippen LogP) is 3.49. The highest BCUT2D eigenvalue weighted by Gasteiger charge is 2.29. The van der Waals surface area contributed by atoms with Crippen LogP contribution in [0, 0.1) is 5.41 Å². The van der Waals surface area contributed by atoms with Crippen molar-refractivity contribution in [3.8, 4) is 0 Å². The normalized spacial score (nSPS) is 11.6. The van der Waals surface area contributed by atoms with Gasteiger partial charge in [0.2, 0.25) is 5.91 Å². The number of amidine groups is 1. The molecule has 12 heteroatoms. The average molecular weight is 584 g/mol. The highest BCUT2D eigenvalue weighted by Crippen LogP contribution is 2.21. The Morgan fingerprint density at radius 2 is 1.72 bits per heavy atom. The molecule has 1 aromatic heterocycles. The molecular formula is C31H37N9O3. The highest BCUT2D eigenvalue weighted by molar-refractivity contribution is 5.96. The van der Waals surface area contributed by atoms with Crippen molar-refractivity contribution in [2.75, 3.05) is 5.32 Å². The van der Waals surface area contributed by atoms with Gasteiger partial charge in [-0.2, -0.15) is 0 Å². The van der Waals surface area contributed by atoms with Gasteiger partial charge < -0.3 is 37.7 Å². The standard InChI is InChI=1S/C31H37N9O3/c1-2-3-7-27-38-24-13-12-23(16-25(24)39-27)37-31(43)40(18-20-10-8-19(9-11-20)17-36-30(35)42)26(29(34)41)15-21-5-4-6-22(14-21)28(32)33/h4-6,8-14,16,26H,2-3,7,15,17-18H2,1H3,(H3,32,33)(H2,34,41)(H,37,43)(H,38,39)(H3,35,36,42)/t26-/m1/s1. The zero-order valence-corrected chi connectivity index (χ0v) is 24.0. The summed E-state index contributed by atoms with van der Waals surface area (Å²) in [6, 6.07) is 17.4. The summed E-state index contributed by atoms with van der Waals surface area (Å²) >= 11 is 0. The third-order valence-electron chi connectivity index (χ3n) is 7.02. The van der Waals surface area contributed by atoms with Gasteiger partial charge in [-0.05, 0) is 47.4 Å². The number of aromatic amines is 1. The number of aryl methyl sites for hydroxylation is 1. The lowest BCUT2D eigenvalue weighted by Gasteiger charge is -2.30. The molecule has 0 bridgehead atoms. The molecule has 4 rings (SSSR count). The summed E-state index contributed by atoms with van der Waals surface area (Å²) in [5, 5.41) is 13.2. The largest absolute Gasteiger partial charge is 0.384 e. The van der Waals surface area contributed by atoms with E-state index in [4.69, 9.17) is 22.6 Å². The lowest BCUT2D eigenvalue weighted by molar-refractivity contribution is -0.122. The SMILES string of the molecule is CCCCc1nc2ccc(NC(=O)N(Cc3ccc(CNC(N)=O)cc3)[C@H](Cc3cccc(C(=N)N)c3)C(N)=O)cc2[nH]1. The number of urea groups is 2. The molecule has 0 fully saturated rings. The number of nitrogens with two attached hydrogens (primary N) is 3. The number of nitrogens with one attached hydrogen (secondary N) is 4. The number of aromatic nitrogens is 2. The third kappa shape index (κ3) is 8.32. The fourth-order valence-corrected chi connectivity index (χ4v) is 4.72. The van der Waals surface area contributed by atoms with Crippen molar-refractivity contribution in [3.63, 3.8) is 0 Å². The average Bonchev–Trinajstić information content (AvgIpc) is 3.39. The number of fused-ring (bicyclic) bond motifs is 1. The number of hydrogen-bond acceptors (Lipinski definition) is 5. The summed E-state index contributed by atoms with van der Waals surface area (Å²) in [6.07, 6.45) is 3.03. The van der Waals surface area contributed by atoms with Crippen LogP contribution in [0.1, 0.15) is 47.8 Å². The van der Waals surface area contributed by atoms with Gasteiger partial charge in [-0.1, -0.05) is 55.8 Å². The van der Waals surface area contributed by atoms with Crippen molar-refractivity contribution in [3.05, 3.63) is 94.8 Å². The molecule has 1 heterocycles. The Morgan fingerprint density at radius 1 is 0.977 bits per heavy atom. The van der Waals surface area contributed by atoms with Crippen LogP contribution in [0.4, 0.5) is 15.3 Å². The molecule has 12 nitrogen and oxygen atoms in total. The minimum absolute atomic E-state index is 0.0723. The zero-order valence-electron chi connectivity index (χ0n) is 24.0. The third-order valence-corrected chi connectivity index (χ3v) is 7.02. The van der Waals surface area contributed by atoms with E-state index in [0.717, 1.165) is 47.2 Å². The Balaban J connectivity index is 1.62. The number of nitrogens with zero attached hydrogens (tertiary/aromatic N) is 2. The number of unbranched alkanes of at least 4 members (excludes halogenated alkanes) is 1. The van der Waals surface area contributed by atoms with Gasteiger partial charge >= 0.3 is 12.1 Å². The van der Waals surface area contributed by atoms with E-state index < -0.39 is 24.0 Å². The molecule has 0 aliphatic heterocycles. The number of benzene rings is 3. The molecule has 43 heavy (non-hydrogen) atoms. The van der Waals surface area contributed by atoms with Crippen molar-refractivity contribution in [1.82, 2.24) is 20.2 Å². The minimum Gasteiger partial charge on any atom is -0.384 e. The number of nitrogen functional groups attached to an aromatic ring is 1. The summed E-state index contributed by atoms with van der Waals surface area (Å²) in [7, 11) is 0. The summed E-state index contributed by atoms with van der Waals surface area (Å²) in [6.45, 7) is 2.45. The van der Waals surface area contributed by atoms with E-state index in [-0.39, 0.29) is 25.3 Å². The Labute approximate surface area is 249 Å². The maximum Gasteiger partial charge on any atom is 0.322 e. The number of carbonyl (C=O) groups excluding carboxylic acids is 3. The van der Waals surface area contributed by atoms with E-state index >= 15 is 0 Å². The van der Waals surface area contributed by atoms with Crippen LogP contribution in [0.5, 0.6) is 0 Å². The van der Waals surface area contributed by atoms with Crippen LogP contribution in [0.3, 0.4) is 0 Å². The van der Waals surface area contributed by atoms with E-state index in [0.29, 0.717) is 16.8 Å². The number of anilines is 1. The van der Waals surface area contributed by atoms with E-state index in [1.54, 1.807) is 54.6 Å². The fraction of sp³-hybridized carbons (Fsp3) is 0.258. The van der Waals surface area contributed by atoms with Gasteiger partial charge in [0.05, 0.1) is 11.0 Å². The second kappa shape index (κ2) is 14.0. The summed E-state index contributed by atoms with van der Waals surface area (Å²) in [5.74, 6) is 0.0956. The quantitative estimate of drug-likeness (QED) is 0.0928. The second-order valence-electron chi connectivity index (χ2n) is 10.3. The van der Waals surface area contributed by atoms with E-state index in [1.807, 2.05) is 12.1 Å². The molecule has 0 aliphatic carbocycles. The summed E-state index contributed by atoms with van der Waals surface area (Å²) < 4.78 is 0. The van der Waals surface area contributed by atoms with Crippen molar-refractivity contribution < 1.29 is 14.4 Å². The minimum atomic E-state index is -1.02. The van der Waals surface area contributed by atoms with Crippen molar-refractivity contribution in [2.45, 2.75) is 51.7 Å². The maximum absolute atomic E-state index is 13.8. The first-order valence-corrected chi connectivity index (χ1v) is 14.0. The van der Waals surface area contributed by atoms with Gasteiger partial charge in [0.15, 0.2) is 0 Å². The van der Waals surface area contributed by atoms with Crippen LogP contribution < -0.4 is 27.8 Å². The van der Waals surface area contributed by atoms with E-state index in [2.05, 4.69) is 27.5 Å². The molecule has 4 aromatic rings.